The second kappa shape index (κ2) is 9.89. The molecule has 0 radical (unpaired) electrons. The number of methoxy groups -OCH3 is 1. The normalized spacial score (nSPS) is 15.6. The summed E-state index contributed by atoms with van der Waals surface area (Å²) in [6.07, 6.45) is 0. The van der Waals surface area contributed by atoms with Crippen LogP contribution in [-0.4, -0.2) is 61.6 Å². The standard InChI is InChI=1S/C22H25BrN2O4/c1-16(17-6-4-3-5-7-17)24-10-12-25(13-11-24)21(26)15-29-20-9-8-18(14-19(20)23)22(27)28-2/h3-9,14,16H,10-13,15H2,1-2H3. The fraction of sp³-hybridized carbons (Fsp3) is 0.364. The summed E-state index contributed by atoms with van der Waals surface area (Å²) in [4.78, 5) is 28.3. The monoisotopic (exact) mass is 460 g/mol. The van der Waals surface area contributed by atoms with Crippen LogP contribution < -0.4 is 4.74 Å². The molecule has 1 saturated heterocycles. The Kier molecular flexibility index (Phi) is 7.28. The molecule has 1 unspecified atom stereocenters. The van der Waals surface area contributed by atoms with Gasteiger partial charge < -0.3 is 14.4 Å². The molecule has 0 aliphatic carbocycles. The van der Waals surface area contributed by atoms with Gasteiger partial charge >= 0.3 is 5.97 Å². The highest BCUT2D eigenvalue weighted by atomic mass is 79.9. The molecule has 2 aromatic carbocycles. The van der Waals surface area contributed by atoms with Gasteiger partial charge in [-0.1, -0.05) is 30.3 Å². The number of piperazine rings is 1. The quantitative estimate of drug-likeness (QED) is 0.617. The summed E-state index contributed by atoms with van der Waals surface area (Å²) in [7, 11) is 1.33. The summed E-state index contributed by atoms with van der Waals surface area (Å²) in [5.41, 5.74) is 1.71. The topological polar surface area (TPSA) is 59.1 Å². The molecule has 1 aliphatic heterocycles. The minimum absolute atomic E-state index is 0.0373. The summed E-state index contributed by atoms with van der Waals surface area (Å²) >= 11 is 3.37. The number of halogens is 1. The van der Waals surface area contributed by atoms with Crippen molar-refractivity contribution in [1.29, 1.82) is 0 Å². The van der Waals surface area contributed by atoms with Crippen LogP contribution in [0.1, 0.15) is 28.9 Å². The van der Waals surface area contributed by atoms with Gasteiger partial charge in [0.2, 0.25) is 0 Å². The summed E-state index contributed by atoms with van der Waals surface area (Å²) in [6, 6.07) is 15.6. The summed E-state index contributed by atoms with van der Waals surface area (Å²) < 4.78 is 11.0. The number of amides is 1. The molecule has 1 atom stereocenters. The lowest BCUT2D eigenvalue weighted by Crippen LogP contribution is -2.50. The predicted molar refractivity (Wildman–Crippen MR) is 114 cm³/mol. The number of benzene rings is 2. The number of carbonyl (C=O) groups excluding carboxylic acids is 2. The number of nitrogens with zero attached hydrogens (tertiary/aromatic N) is 2. The van der Waals surface area contributed by atoms with Gasteiger partial charge in [-0.3, -0.25) is 9.69 Å². The average Bonchev–Trinajstić information content (AvgIpc) is 2.77. The van der Waals surface area contributed by atoms with E-state index in [9.17, 15) is 9.59 Å². The maximum absolute atomic E-state index is 12.5. The first-order valence-electron chi connectivity index (χ1n) is 9.57. The number of hydrogen-bond donors (Lipinski definition) is 0. The van der Waals surface area contributed by atoms with Crippen LogP contribution in [0.25, 0.3) is 0 Å². The van der Waals surface area contributed by atoms with E-state index in [-0.39, 0.29) is 12.5 Å². The lowest BCUT2D eigenvalue weighted by Gasteiger charge is -2.38. The Hall–Kier alpha value is -2.38. The van der Waals surface area contributed by atoms with Gasteiger partial charge in [-0.05, 0) is 46.6 Å². The Morgan fingerprint density at radius 3 is 2.38 bits per heavy atom. The Morgan fingerprint density at radius 1 is 1.07 bits per heavy atom. The van der Waals surface area contributed by atoms with Crippen LogP contribution in [0.4, 0.5) is 0 Å². The molecular formula is C22H25BrN2O4. The second-order valence-corrected chi connectivity index (χ2v) is 7.78. The van der Waals surface area contributed by atoms with Crippen molar-refractivity contribution in [2.24, 2.45) is 0 Å². The van der Waals surface area contributed by atoms with Crippen molar-refractivity contribution in [3.63, 3.8) is 0 Å². The van der Waals surface area contributed by atoms with Crippen LogP contribution in [0.15, 0.2) is 53.0 Å². The van der Waals surface area contributed by atoms with E-state index in [1.807, 2.05) is 11.0 Å². The van der Waals surface area contributed by atoms with Crippen LogP contribution >= 0.6 is 15.9 Å². The molecule has 0 bridgehead atoms. The van der Waals surface area contributed by atoms with E-state index >= 15 is 0 Å². The van der Waals surface area contributed by atoms with Gasteiger partial charge in [-0.15, -0.1) is 0 Å². The van der Waals surface area contributed by atoms with E-state index in [0.29, 0.717) is 34.9 Å². The van der Waals surface area contributed by atoms with Gasteiger partial charge in [0.25, 0.3) is 5.91 Å². The molecule has 1 aliphatic rings. The van der Waals surface area contributed by atoms with E-state index in [1.54, 1.807) is 18.2 Å². The fourth-order valence-electron chi connectivity index (χ4n) is 3.39. The minimum atomic E-state index is -0.420. The van der Waals surface area contributed by atoms with Crippen LogP contribution in [-0.2, 0) is 9.53 Å². The third kappa shape index (κ3) is 5.36. The summed E-state index contributed by atoms with van der Waals surface area (Å²) in [6.45, 7) is 5.19. The molecule has 1 fully saturated rings. The van der Waals surface area contributed by atoms with Crippen molar-refractivity contribution in [3.05, 3.63) is 64.1 Å². The summed E-state index contributed by atoms with van der Waals surface area (Å²) in [5, 5.41) is 0. The zero-order valence-corrected chi connectivity index (χ0v) is 18.2. The highest BCUT2D eigenvalue weighted by Gasteiger charge is 2.25. The Balaban J connectivity index is 1.49. The smallest absolute Gasteiger partial charge is 0.337 e. The third-order valence-electron chi connectivity index (χ3n) is 5.20. The van der Waals surface area contributed by atoms with Gasteiger partial charge in [-0.25, -0.2) is 4.79 Å². The van der Waals surface area contributed by atoms with Crippen LogP contribution in [0.2, 0.25) is 0 Å². The first-order valence-corrected chi connectivity index (χ1v) is 10.4. The van der Waals surface area contributed by atoms with Crippen molar-refractivity contribution >= 4 is 27.8 Å². The number of hydrogen-bond acceptors (Lipinski definition) is 5. The van der Waals surface area contributed by atoms with Gasteiger partial charge in [0.15, 0.2) is 6.61 Å². The number of rotatable bonds is 6. The number of ether oxygens (including phenoxy) is 2. The first kappa shape index (κ1) is 21.3. The van der Waals surface area contributed by atoms with E-state index in [0.717, 1.165) is 13.1 Å². The molecule has 1 amide bonds. The Morgan fingerprint density at radius 2 is 1.76 bits per heavy atom. The number of esters is 1. The van der Waals surface area contributed by atoms with Crippen molar-refractivity contribution < 1.29 is 19.1 Å². The minimum Gasteiger partial charge on any atom is -0.483 e. The van der Waals surface area contributed by atoms with Gasteiger partial charge in [-0.2, -0.15) is 0 Å². The first-order chi connectivity index (χ1) is 14.0. The second-order valence-electron chi connectivity index (χ2n) is 6.93. The largest absolute Gasteiger partial charge is 0.483 e. The zero-order valence-electron chi connectivity index (χ0n) is 16.6. The molecule has 1 heterocycles. The van der Waals surface area contributed by atoms with E-state index in [4.69, 9.17) is 9.47 Å². The van der Waals surface area contributed by atoms with Gasteiger partial charge in [0.05, 0.1) is 17.1 Å². The maximum Gasteiger partial charge on any atom is 0.337 e. The molecule has 0 saturated carbocycles. The Bertz CT molecular complexity index is 851. The molecule has 0 spiro atoms. The predicted octanol–water partition coefficient (Wildman–Crippen LogP) is 3.52. The van der Waals surface area contributed by atoms with Gasteiger partial charge in [0, 0.05) is 32.2 Å². The average molecular weight is 461 g/mol. The molecule has 2 aromatic rings. The molecule has 154 valence electrons. The Labute approximate surface area is 179 Å². The van der Waals surface area contributed by atoms with E-state index < -0.39 is 5.97 Å². The lowest BCUT2D eigenvalue weighted by molar-refractivity contribution is -0.135. The highest BCUT2D eigenvalue weighted by Crippen LogP contribution is 2.26. The molecule has 29 heavy (non-hydrogen) atoms. The molecule has 6 nitrogen and oxygen atoms in total. The third-order valence-corrected chi connectivity index (χ3v) is 5.82. The number of carbonyl (C=O) groups is 2. The SMILES string of the molecule is COC(=O)c1ccc(OCC(=O)N2CCN(C(C)c3ccccc3)CC2)c(Br)c1. The van der Waals surface area contributed by atoms with Crippen molar-refractivity contribution in [3.8, 4) is 5.75 Å². The zero-order chi connectivity index (χ0) is 20.8. The van der Waals surface area contributed by atoms with E-state index in [2.05, 4.69) is 52.0 Å². The van der Waals surface area contributed by atoms with Crippen molar-refractivity contribution in [2.75, 3.05) is 39.9 Å². The van der Waals surface area contributed by atoms with Crippen molar-refractivity contribution in [1.82, 2.24) is 9.80 Å². The molecule has 0 aromatic heterocycles. The molecule has 3 rings (SSSR count). The van der Waals surface area contributed by atoms with E-state index in [1.165, 1.54) is 12.7 Å². The van der Waals surface area contributed by atoms with Crippen LogP contribution in [0.5, 0.6) is 5.75 Å². The van der Waals surface area contributed by atoms with Gasteiger partial charge in [0.1, 0.15) is 5.75 Å². The lowest BCUT2D eigenvalue weighted by atomic mass is 10.1. The van der Waals surface area contributed by atoms with Crippen molar-refractivity contribution in [2.45, 2.75) is 13.0 Å². The fourth-order valence-corrected chi connectivity index (χ4v) is 3.89. The highest BCUT2D eigenvalue weighted by molar-refractivity contribution is 9.10. The maximum atomic E-state index is 12.5. The molecular weight excluding hydrogens is 436 g/mol. The summed E-state index contributed by atoms with van der Waals surface area (Å²) in [5.74, 6) is 0.0548. The molecule has 0 N–H and O–H groups in total. The van der Waals surface area contributed by atoms with Crippen LogP contribution in [0, 0.1) is 0 Å². The molecule has 7 heteroatoms. The van der Waals surface area contributed by atoms with Crippen LogP contribution in [0.3, 0.4) is 0 Å².